The van der Waals surface area contributed by atoms with E-state index in [1.54, 1.807) is 18.2 Å². The summed E-state index contributed by atoms with van der Waals surface area (Å²) in [6, 6.07) is 12.5. The molecule has 31 heavy (non-hydrogen) atoms. The highest BCUT2D eigenvalue weighted by Crippen LogP contribution is 2.19. The van der Waals surface area contributed by atoms with Gasteiger partial charge in [-0.3, -0.25) is 9.59 Å². The van der Waals surface area contributed by atoms with Gasteiger partial charge in [-0.15, -0.1) is 0 Å². The molecule has 1 aliphatic rings. The molecule has 0 saturated carbocycles. The number of rotatable bonds is 8. The molecule has 166 valence electrons. The van der Waals surface area contributed by atoms with Crippen LogP contribution in [0.5, 0.6) is 5.75 Å². The zero-order valence-electron chi connectivity index (χ0n) is 18.3. The van der Waals surface area contributed by atoms with E-state index in [0.29, 0.717) is 57.5 Å². The number of hydrogen-bond donors (Lipinski definition) is 1. The Labute approximate surface area is 183 Å². The lowest BCUT2D eigenvalue weighted by atomic mass is 9.95. The minimum absolute atomic E-state index is 0.0125. The SMILES string of the molecule is Cc1ccc(OCCC(=O)N2CCC(C(=O)NCCc3ccccc3F)CC2)cc1C. The maximum atomic E-state index is 13.6. The number of carbonyl (C=O) groups excluding carboxylic acids is 2. The van der Waals surface area contributed by atoms with Crippen LogP contribution in [0.25, 0.3) is 0 Å². The second kappa shape index (κ2) is 10.9. The number of likely N-dealkylation sites (tertiary alicyclic amines) is 1. The van der Waals surface area contributed by atoms with Crippen LogP contribution in [0.4, 0.5) is 4.39 Å². The molecule has 2 aromatic carbocycles. The van der Waals surface area contributed by atoms with Crippen LogP contribution in [0.1, 0.15) is 36.0 Å². The lowest BCUT2D eigenvalue weighted by molar-refractivity contribution is -0.136. The Kier molecular flexibility index (Phi) is 8.04. The summed E-state index contributed by atoms with van der Waals surface area (Å²) in [5.41, 5.74) is 2.98. The van der Waals surface area contributed by atoms with Crippen LogP contribution in [0.3, 0.4) is 0 Å². The van der Waals surface area contributed by atoms with Gasteiger partial charge in [-0.2, -0.15) is 0 Å². The molecule has 1 fully saturated rings. The number of nitrogens with one attached hydrogen (secondary N) is 1. The molecule has 0 spiro atoms. The summed E-state index contributed by atoms with van der Waals surface area (Å²) in [6.45, 7) is 6.00. The van der Waals surface area contributed by atoms with Crippen molar-refractivity contribution in [1.82, 2.24) is 10.2 Å². The van der Waals surface area contributed by atoms with Crippen molar-refractivity contribution in [3.05, 3.63) is 65.0 Å². The normalized spacial score (nSPS) is 14.4. The van der Waals surface area contributed by atoms with Crippen LogP contribution in [-0.4, -0.2) is 43.0 Å². The minimum atomic E-state index is -0.245. The van der Waals surface area contributed by atoms with Crippen LogP contribution >= 0.6 is 0 Å². The first-order chi connectivity index (χ1) is 14.9. The van der Waals surface area contributed by atoms with Gasteiger partial charge in [0.1, 0.15) is 11.6 Å². The van der Waals surface area contributed by atoms with Gasteiger partial charge in [0.05, 0.1) is 13.0 Å². The van der Waals surface area contributed by atoms with E-state index in [1.807, 2.05) is 30.0 Å². The number of ether oxygens (including phenoxy) is 1. The highest BCUT2D eigenvalue weighted by molar-refractivity contribution is 5.80. The molecule has 1 N–H and O–H groups in total. The van der Waals surface area contributed by atoms with Crippen molar-refractivity contribution in [3.8, 4) is 5.75 Å². The second-order valence-corrected chi connectivity index (χ2v) is 8.13. The minimum Gasteiger partial charge on any atom is -0.493 e. The molecule has 5 nitrogen and oxygen atoms in total. The molecule has 1 aliphatic heterocycles. The summed E-state index contributed by atoms with van der Waals surface area (Å²) in [5.74, 6) is 0.479. The lowest BCUT2D eigenvalue weighted by Gasteiger charge is -2.31. The number of nitrogens with zero attached hydrogens (tertiary/aromatic N) is 1. The summed E-state index contributed by atoms with van der Waals surface area (Å²) >= 11 is 0. The van der Waals surface area contributed by atoms with Gasteiger partial charge >= 0.3 is 0 Å². The number of aryl methyl sites for hydroxylation is 2. The second-order valence-electron chi connectivity index (χ2n) is 8.13. The van der Waals surface area contributed by atoms with Crippen LogP contribution in [0, 0.1) is 25.6 Å². The fourth-order valence-corrected chi connectivity index (χ4v) is 3.77. The van der Waals surface area contributed by atoms with Crippen LogP contribution < -0.4 is 10.1 Å². The molecule has 2 aromatic rings. The van der Waals surface area contributed by atoms with E-state index < -0.39 is 0 Å². The summed E-state index contributed by atoms with van der Waals surface area (Å²) < 4.78 is 19.4. The highest BCUT2D eigenvalue weighted by atomic mass is 19.1. The first-order valence-electron chi connectivity index (χ1n) is 10.9. The molecule has 6 heteroatoms. The summed E-state index contributed by atoms with van der Waals surface area (Å²) in [7, 11) is 0. The van der Waals surface area contributed by atoms with Crippen molar-refractivity contribution in [3.63, 3.8) is 0 Å². The predicted molar refractivity (Wildman–Crippen MR) is 118 cm³/mol. The van der Waals surface area contributed by atoms with Crippen molar-refractivity contribution < 1.29 is 18.7 Å². The maximum Gasteiger partial charge on any atom is 0.225 e. The molecule has 0 unspecified atom stereocenters. The Hall–Kier alpha value is -2.89. The Bertz CT molecular complexity index is 907. The van der Waals surface area contributed by atoms with Crippen molar-refractivity contribution in [2.75, 3.05) is 26.2 Å². The van der Waals surface area contributed by atoms with Gasteiger partial charge in [-0.1, -0.05) is 24.3 Å². The van der Waals surface area contributed by atoms with E-state index in [9.17, 15) is 14.0 Å². The van der Waals surface area contributed by atoms with Gasteiger partial charge in [0.15, 0.2) is 0 Å². The number of benzene rings is 2. The topological polar surface area (TPSA) is 58.6 Å². The number of halogens is 1. The van der Waals surface area contributed by atoms with Crippen molar-refractivity contribution in [2.24, 2.45) is 5.92 Å². The van der Waals surface area contributed by atoms with Crippen molar-refractivity contribution in [2.45, 2.75) is 39.5 Å². The largest absolute Gasteiger partial charge is 0.493 e. The number of hydrogen-bond acceptors (Lipinski definition) is 3. The Morgan fingerprint density at radius 2 is 1.84 bits per heavy atom. The van der Waals surface area contributed by atoms with Crippen LogP contribution in [-0.2, 0) is 16.0 Å². The maximum absolute atomic E-state index is 13.6. The van der Waals surface area contributed by atoms with Gasteiger partial charge in [0, 0.05) is 25.6 Å². The standard InChI is InChI=1S/C25H31FN2O3/c1-18-7-8-22(17-19(18)2)31-16-12-24(29)28-14-10-21(11-15-28)25(30)27-13-9-20-5-3-4-6-23(20)26/h3-8,17,21H,9-16H2,1-2H3,(H,27,30). The number of piperidine rings is 1. The fourth-order valence-electron chi connectivity index (χ4n) is 3.77. The Morgan fingerprint density at radius 1 is 1.10 bits per heavy atom. The quantitative estimate of drug-likeness (QED) is 0.698. The number of carbonyl (C=O) groups is 2. The van der Waals surface area contributed by atoms with Gasteiger partial charge in [0.2, 0.25) is 11.8 Å². The predicted octanol–water partition coefficient (Wildman–Crippen LogP) is 3.81. The summed E-state index contributed by atoms with van der Waals surface area (Å²) in [4.78, 5) is 26.7. The van der Waals surface area contributed by atoms with Crippen molar-refractivity contribution >= 4 is 11.8 Å². The van der Waals surface area contributed by atoms with E-state index in [0.717, 1.165) is 11.3 Å². The Morgan fingerprint density at radius 3 is 2.55 bits per heavy atom. The van der Waals surface area contributed by atoms with E-state index in [1.165, 1.54) is 11.6 Å². The Balaban J connectivity index is 1.34. The van der Waals surface area contributed by atoms with Gasteiger partial charge in [0.25, 0.3) is 0 Å². The number of amides is 2. The third-order valence-corrected chi connectivity index (χ3v) is 5.93. The molecule has 3 rings (SSSR count). The van der Waals surface area contributed by atoms with E-state index in [-0.39, 0.29) is 23.5 Å². The first-order valence-corrected chi connectivity index (χ1v) is 10.9. The zero-order valence-corrected chi connectivity index (χ0v) is 18.3. The third kappa shape index (κ3) is 6.54. The molecule has 1 heterocycles. The fraction of sp³-hybridized carbons (Fsp3) is 0.440. The molecule has 1 saturated heterocycles. The van der Waals surface area contributed by atoms with E-state index in [4.69, 9.17) is 4.74 Å². The molecule has 0 radical (unpaired) electrons. The summed E-state index contributed by atoms with van der Waals surface area (Å²) in [6.07, 6.45) is 2.09. The van der Waals surface area contributed by atoms with Crippen LogP contribution in [0.15, 0.2) is 42.5 Å². The molecule has 0 aromatic heterocycles. The van der Waals surface area contributed by atoms with Crippen LogP contribution in [0.2, 0.25) is 0 Å². The lowest BCUT2D eigenvalue weighted by Crippen LogP contribution is -2.43. The molecule has 2 amide bonds. The first kappa shape index (κ1) is 22.8. The third-order valence-electron chi connectivity index (χ3n) is 5.93. The zero-order chi connectivity index (χ0) is 22.2. The van der Waals surface area contributed by atoms with Gasteiger partial charge in [-0.05, 0) is 68.0 Å². The molecule has 0 aliphatic carbocycles. The summed E-state index contributed by atoms with van der Waals surface area (Å²) in [5, 5.41) is 2.90. The van der Waals surface area contributed by atoms with E-state index in [2.05, 4.69) is 12.2 Å². The van der Waals surface area contributed by atoms with Gasteiger partial charge < -0.3 is 15.0 Å². The molecular weight excluding hydrogens is 395 g/mol. The van der Waals surface area contributed by atoms with E-state index >= 15 is 0 Å². The average molecular weight is 427 g/mol. The van der Waals surface area contributed by atoms with Crippen molar-refractivity contribution in [1.29, 1.82) is 0 Å². The molecular formula is C25H31FN2O3. The van der Waals surface area contributed by atoms with Gasteiger partial charge in [-0.25, -0.2) is 4.39 Å². The molecule has 0 bridgehead atoms. The average Bonchev–Trinajstić information content (AvgIpc) is 2.77. The molecule has 0 atom stereocenters. The smallest absolute Gasteiger partial charge is 0.225 e. The monoisotopic (exact) mass is 426 g/mol. The highest BCUT2D eigenvalue weighted by Gasteiger charge is 2.27.